The lowest BCUT2D eigenvalue weighted by molar-refractivity contribution is -0.141. The number of benzene rings is 1. The summed E-state index contributed by atoms with van der Waals surface area (Å²) in [5, 5.41) is 8.81. The molecule has 114 valence electrons. The lowest BCUT2D eigenvalue weighted by atomic mass is 10.2. The molecule has 0 saturated carbocycles. The number of rotatable bonds is 3. The monoisotopic (exact) mass is 292 g/mol. The Morgan fingerprint density at radius 3 is 2.90 bits per heavy atom. The van der Waals surface area contributed by atoms with Crippen molar-refractivity contribution in [1.29, 1.82) is 0 Å². The number of carbonyl (C=O) groups excluding carboxylic acids is 1. The van der Waals surface area contributed by atoms with Crippen molar-refractivity contribution < 1.29 is 19.4 Å². The van der Waals surface area contributed by atoms with Gasteiger partial charge in [-0.25, -0.2) is 4.79 Å². The maximum atomic E-state index is 12.5. The second-order valence-corrected chi connectivity index (χ2v) is 5.22. The number of carbonyl (C=O) groups is 2. The summed E-state index contributed by atoms with van der Waals surface area (Å²) in [5.74, 6) is -0.915. The predicted octanol–water partition coefficient (Wildman–Crippen LogP) is 1.73. The van der Waals surface area contributed by atoms with Gasteiger partial charge >= 0.3 is 12.0 Å². The van der Waals surface area contributed by atoms with Crippen LogP contribution in [0.1, 0.15) is 12.0 Å². The summed E-state index contributed by atoms with van der Waals surface area (Å²) < 4.78 is 5.38. The third-order valence-corrected chi connectivity index (χ3v) is 3.49. The van der Waals surface area contributed by atoms with Crippen molar-refractivity contribution >= 4 is 17.7 Å². The smallest absolute Gasteiger partial charge is 0.324 e. The minimum atomic E-state index is -0.915. The van der Waals surface area contributed by atoms with Gasteiger partial charge in [0.15, 0.2) is 0 Å². The molecule has 1 aliphatic rings. The van der Waals surface area contributed by atoms with Crippen LogP contribution in [0.3, 0.4) is 0 Å². The van der Waals surface area contributed by atoms with Gasteiger partial charge in [0.1, 0.15) is 0 Å². The maximum absolute atomic E-state index is 12.5. The molecule has 6 heteroatoms. The van der Waals surface area contributed by atoms with E-state index < -0.39 is 12.1 Å². The Kier molecular flexibility index (Phi) is 4.80. The number of hydrogen-bond donors (Lipinski definition) is 1. The van der Waals surface area contributed by atoms with Gasteiger partial charge in [0.25, 0.3) is 0 Å². The molecule has 0 spiro atoms. The molecular formula is C15H20N2O4. The van der Waals surface area contributed by atoms with Gasteiger partial charge in [-0.2, -0.15) is 0 Å². The normalized spacial score (nSPS) is 18.4. The van der Waals surface area contributed by atoms with Gasteiger partial charge in [-0.05, 0) is 24.6 Å². The van der Waals surface area contributed by atoms with Gasteiger partial charge in [0, 0.05) is 25.8 Å². The second kappa shape index (κ2) is 6.58. The minimum absolute atomic E-state index is 0.0854. The zero-order valence-corrected chi connectivity index (χ0v) is 12.3. The van der Waals surface area contributed by atoms with Crippen LogP contribution in [0.5, 0.6) is 0 Å². The molecule has 1 N–H and O–H groups in total. The van der Waals surface area contributed by atoms with E-state index in [2.05, 4.69) is 0 Å². The van der Waals surface area contributed by atoms with E-state index in [0.717, 1.165) is 11.3 Å². The molecule has 2 rings (SSSR count). The number of carboxylic acid groups (broad SMARTS) is 1. The molecule has 21 heavy (non-hydrogen) atoms. The largest absolute Gasteiger partial charge is 0.481 e. The molecule has 0 radical (unpaired) electrons. The van der Waals surface area contributed by atoms with Gasteiger partial charge < -0.3 is 14.7 Å². The highest BCUT2D eigenvalue weighted by Gasteiger charge is 2.28. The van der Waals surface area contributed by atoms with Crippen LogP contribution in [0.15, 0.2) is 24.3 Å². The molecular weight excluding hydrogens is 272 g/mol. The summed E-state index contributed by atoms with van der Waals surface area (Å²) in [4.78, 5) is 26.5. The molecule has 1 unspecified atom stereocenters. The lowest BCUT2D eigenvalue weighted by Crippen LogP contribution is -2.50. The zero-order chi connectivity index (χ0) is 15.4. The molecule has 0 bridgehead atoms. The van der Waals surface area contributed by atoms with Crippen LogP contribution in [0.2, 0.25) is 0 Å². The van der Waals surface area contributed by atoms with E-state index in [-0.39, 0.29) is 12.5 Å². The molecule has 2 amide bonds. The van der Waals surface area contributed by atoms with Gasteiger partial charge in [0.05, 0.1) is 19.1 Å². The SMILES string of the molecule is Cc1cccc(N(C)C(=O)N2CCOC(CC(=O)O)C2)c1. The number of amides is 2. The minimum Gasteiger partial charge on any atom is -0.481 e. The number of nitrogens with zero attached hydrogens (tertiary/aromatic N) is 2. The van der Waals surface area contributed by atoms with Crippen molar-refractivity contribution in [3.63, 3.8) is 0 Å². The third kappa shape index (κ3) is 3.95. The van der Waals surface area contributed by atoms with Crippen LogP contribution < -0.4 is 4.90 Å². The summed E-state index contributed by atoms with van der Waals surface area (Å²) in [6.45, 7) is 3.12. The van der Waals surface area contributed by atoms with Crippen LogP contribution >= 0.6 is 0 Å². The quantitative estimate of drug-likeness (QED) is 0.921. The molecule has 1 aromatic carbocycles. The average Bonchev–Trinajstić information content (AvgIpc) is 2.45. The summed E-state index contributed by atoms with van der Waals surface area (Å²) in [6.07, 6.45) is -0.524. The highest BCUT2D eigenvalue weighted by atomic mass is 16.5. The number of aryl methyl sites for hydroxylation is 1. The first-order valence-corrected chi connectivity index (χ1v) is 6.90. The first-order valence-electron chi connectivity index (χ1n) is 6.90. The van der Waals surface area contributed by atoms with Crippen molar-refractivity contribution in [3.05, 3.63) is 29.8 Å². The van der Waals surface area contributed by atoms with Gasteiger partial charge in [-0.1, -0.05) is 12.1 Å². The summed E-state index contributed by atoms with van der Waals surface area (Å²) in [7, 11) is 1.72. The van der Waals surface area contributed by atoms with Crippen LogP contribution in [-0.4, -0.2) is 54.9 Å². The number of aliphatic carboxylic acids is 1. The Hall–Kier alpha value is -2.08. The summed E-state index contributed by atoms with van der Waals surface area (Å²) in [6, 6.07) is 7.55. The summed E-state index contributed by atoms with van der Waals surface area (Å²) in [5.41, 5.74) is 1.90. The number of morpholine rings is 1. The first-order chi connectivity index (χ1) is 9.97. The van der Waals surface area contributed by atoms with Crippen LogP contribution in [0, 0.1) is 6.92 Å². The van der Waals surface area contributed by atoms with E-state index in [1.54, 1.807) is 16.8 Å². The van der Waals surface area contributed by atoms with Crippen molar-refractivity contribution in [3.8, 4) is 0 Å². The highest BCUT2D eigenvalue weighted by Crippen LogP contribution is 2.18. The van der Waals surface area contributed by atoms with Gasteiger partial charge in [0.2, 0.25) is 0 Å². The Labute approximate surface area is 123 Å². The van der Waals surface area contributed by atoms with E-state index in [1.165, 1.54) is 0 Å². The fourth-order valence-corrected chi connectivity index (χ4v) is 2.37. The van der Waals surface area contributed by atoms with Crippen molar-refractivity contribution in [2.24, 2.45) is 0 Å². The molecule has 1 aromatic rings. The highest BCUT2D eigenvalue weighted by molar-refractivity contribution is 5.91. The molecule has 1 fully saturated rings. The van der Waals surface area contributed by atoms with E-state index in [4.69, 9.17) is 9.84 Å². The predicted molar refractivity (Wildman–Crippen MR) is 78.5 cm³/mol. The fraction of sp³-hybridized carbons (Fsp3) is 0.467. The lowest BCUT2D eigenvalue weighted by Gasteiger charge is -2.35. The number of ether oxygens (including phenoxy) is 1. The molecule has 1 saturated heterocycles. The van der Waals surface area contributed by atoms with Gasteiger partial charge in [-0.15, -0.1) is 0 Å². The Morgan fingerprint density at radius 2 is 2.24 bits per heavy atom. The van der Waals surface area contributed by atoms with E-state index in [9.17, 15) is 9.59 Å². The number of hydrogen-bond acceptors (Lipinski definition) is 3. The second-order valence-electron chi connectivity index (χ2n) is 5.22. The van der Waals surface area contributed by atoms with E-state index >= 15 is 0 Å². The Bertz CT molecular complexity index is 532. The molecule has 6 nitrogen and oxygen atoms in total. The van der Waals surface area contributed by atoms with Crippen molar-refractivity contribution in [1.82, 2.24) is 4.90 Å². The van der Waals surface area contributed by atoms with Gasteiger partial charge in [-0.3, -0.25) is 9.69 Å². The average molecular weight is 292 g/mol. The molecule has 1 atom stereocenters. The summed E-state index contributed by atoms with van der Waals surface area (Å²) >= 11 is 0. The number of urea groups is 1. The Balaban J connectivity index is 2.03. The molecule has 0 aromatic heterocycles. The van der Waals surface area contributed by atoms with E-state index in [0.29, 0.717) is 19.7 Å². The molecule has 1 heterocycles. The van der Waals surface area contributed by atoms with Crippen LogP contribution in [0.4, 0.5) is 10.5 Å². The first kappa shape index (κ1) is 15.3. The maximum Gasteiger partial charge on any atom is 0.324 e. The topological polar surface area (TPSA) is 70.1 Å². The van der Waals surface area contributed by atoms with Crippen LogP contribution in [-0.2, 0) is 9.53 Å². The Morgan fingerprint density at radius 1 is 1.48 bits per heavy atom. The zero-order valence-electron chi connectivity index (χ0n) is 12.3. The van der Waals surface area contributed by atoms with Crippen LogP contribution in [0.25, 0.3) is 0 Å². The van der Waals surface area contributed by atoms with Crippen molar-refractivity contribution in [2.75, 3.05) is 31.6 Å². The molecule has 0 aliphatic carbocycles. The molecule has 1 aliphatic heterocycles. The standard InChI is InChI=1S/C15H20N2O4/c1-11-4-3-5-12(8-11)16(2)15(20)17-6-7-21-13(10-17)9-14(18)19/h3-5,8,13H,6-7,9-10H2,1-2H3,(H,18,19). The number of anilines is 1. The van der Waals surface area contributed by atoms with Crippen molar-refractivity contribution in [2.45, 2.75) is 19.4 Å². The fourth-order valence-electron chi connectivity index (χ4n) is 2.37. The number of carboxylic acids is 1. The third-order valence-electron chi connectivity index (χ3n) is 3.49. The van der Waals surface area contributed by atoms with E-state index in [1.807, 2.05) is 31.2 Å².